The van der Waals surface area contributed by atoms with Crippen LogP contribution in [0.2, 0.25) is 0 Å². The van der Waals surface area contributed by atoms with Crippen molar-refractivity contribution < 1.29 is 14.3 Å². The number of anilines is 3. The van der Waals surface area contributed by atoms with Crippen LogP contribution in [0.5, 0.6) is 5.75 Å². The van der Waals surface area contributed by atoms with Gasteiger partial charge < -0.3 is 20.7 Å². The Morgan fingerprint density at radius 1 is 0.926 bits per heavy atom. The number of amides is 2. The molecule has 27 heavy (non-hydrogen) atoms. The fourth-order valence-electron chi connectivity index (χ4n) is 2.61. The normalized spacial score (nSPS) is 10.1. The molecule has 0 bridgehead atoms. The summed E-state index contributed by atoms with van der Waals surface area (Å²) in [4.78, 5) is 24.1. The molecule has 6 nitrogen and oxygen atoms in total. The van der Waals surface area contributed by atoms with Crippen LogP contribution in [0.3, 0.4) is 0 Å². The molecule has 0 atom stereocenters. The zero-order chi connectivity index (χ0) is 19.5. The first-order valence-electron chi connectivity index (χ1n) is 9.19. The van der Waals surface area contributed by atoms with Crippen LogP contribution in [-0.4, -0.2) is 25.5 Å². The topological polar surface area (TPSA) is 79.5 Å². The predicted octanol–water partition coefficient (Wildman–Crippen LogP) is 4.26. The van der Waals surface area contributed by atoms with Crippen molar-refractivity contribution >= 4 is 28.9 Å². The second-order valence-electron chi connectivity index (χ2n) is 6.19. The number of hydrogen-bond acceptors (Lipinski definition) is 4. The van der Waals surface area contributed by atoms with E-state index in [2.05, 4.69) is 22.9 Å². The van der Waals surface area contributed by atoms with Crippen LogP contribution in [0.15, 0.2) is 48.5 Å². The number of carbonyl (C=O) groups excluding carboxylic acids is 2. The second kappa shape index (κ2) is 10.9. The molecule has 0 saturated carbocycles. The number of nitrogens with one attached hydrogen (secondary N) is 3. The van der Waals surface area contributed by atoms with Crippen LogP contribution in [-0.2, 0) is 9.59 Å². The molecule has 6 heteroatoms. The van der Waals surface area contributed by atoms with E-state index in [1.54, 1.807) is 31.4 Å². The first-order chi connectivity index (χ1) is 13.1. The molecule has 2 aromatic rings. The average molecular weight is 369 g/mol. The summed E-state index contributed by atoms with van der Waals surface area (Å²) in [6, 6.07) is 14.5. The van der Waals surface area contributed by atoms with Crippen molar-refractivity contribution in [3.8, 4) is 5.75 Å². The number of methoxy groups -OCH3 is 1. The van der Waals surface area contributed by atoms with Crippen molar-refractivity contribution in [2.75, 3.05) is 29.6 Å². The summed E-state index contributed by atoms with van der Waals surface area (Å²) in [5.41, 5.74) is 2.06. The molecule has 0 unspecified atom stereocenters. The van der Waals surface area contributed by atoms with Crippen molar-refractivity contribution in [3.05, 3.63) is 48.5 Å². The fourth-order valence-corrected chi connectivity index (χ4v) is 2.61. The van der Waals surface area contributed by atoms with Gasteiger partial charge in [0, 0.05) is 17.8 Å². The summed E-state index contributed by atoms with van der Waals surface area (Å²) in [6.07, 6.45) is 3.51. The number of benzene rings is 2. The smallest absolute Gasteiger partial charge is 0.243 e. The minimum Gasteiger partial charge on any atom is -0.495 e. The monoisotopic (exact) mass is 369 g/mol. The lowest BCUT2D eigenvalue weighted by molar-refractivity contribution is -0.116. The van der Waals surface area contributed by atoms with Crippen LogP contribution in [0.4, 0.5) is 17.1 Å². The van der Waals surface area contributed by atoms with E-state index in [0.29, 0.717) is 23.5 Å². The summed E-state index contributed by atoms with van der Waals surface area (Å²) >= 11 is 0. The van der Waals surface area contributed by atoms with Crippen LogP contribution >= 0.6 is 0 Å². The maximum atomic E-state index is 12.2. The lowest BCUT2D eigenvalue weighted by Gasteiger charge is -2.12. The van der Waals surface area contributed by atoms with E-state index < -0.39 is 0 Å². The van der Waals surface area contributed by atoms with Gasteiger partial charge in [0.05, 0.1) is 19.3 Å². The van der Waals surface area contributed by atoms with Gasteiger partial charge >= 0.3 is 0 Å². The van der Waals surface area contributed by atoms with Crippen molar-refractivity contribution in [2.24, 2.45) is 0 Å². The van der Waals surface area contributed by atoms with E-state index in [1.165, 1.54) is 0 Å². The maximum absolute atomic E-state index is 12.2. The summed E-state index contributed by atoms with van der Waals surface area (Å²) in [5, 5.41) is 8.74. The fraction of sp³-hybridized carbons (Fsp3) is 0.333. The Balaban J connectivity index is 1.86. The Kier molecular flexibility index (Phi) is 8.16. The molecule has 0 spiro atoms. The van der Waals surface area contributed by atoms with Crippen molar-refractivity contribution in [2.45, 2.75) is 32.6 Å². The molecular weight excluding hydrogens is 342 g/mol. The minimum atomic E-state index is -0.188. The van der Waals surface area contributed by atoms with E-state index in [-0.39, 0.29) is 18.4 Å². The van der Waals surface area contributed by atoms with E-state index in [9.17, 15) is 9.59 Å². The second-order valence-corrected chi connectivity index (χ2v) is 6.19. The van der Waals surface area contributed by atoms with Gasteiger partial charge in [-0.25, -0.2) is 0 Å². The Morgan fingerprint density at radius 2 is 1.63 bits per heavy atom. The average Bonchev–Trinajstić information content (AvgIpc) is 2.67. The van der Waals surface area contributed by atoms with E-state index in [4.69, 9.17) is 4.74 Å². The molecular formula is C21H27N3O3. The number of hydrogen-bond donors (Lipinski definition) is 3. The highest BCUT2D eigenvalue weighted by Crippen LogP contribution is 2.22. The van der Waals surface area contributed by atoms with Crippen LogP contribution in [0.25, 0.3) is 0 Å². The summed E-state index contributed by atoms with van der Waals surface area (Å²) in [6.45, 7) is 2.21. The zero-order valence-corrected chi connectivity index (χ0v) is 15.9. The third kappa shape index (κ3) is 7.01. The SMILES string of the molecule is CCCCCC(=O)Nc1cccc(NC(=O)CNc2ccccc2OC)c1. The molecule has 3 N–H and O–H groups in total. The van der Waals surface area contributed by atoms with Crippen molar-refractivity contribution in [3.63, 3.8) is 0 Å². The van der Waals surface area contributed by atoms with E-state index >= 15 is 0 Å². The Bertz CT molecular complexity index is 762. The van der Waals surface area contributed by atoms with Crippen molar-refractivity contribution in [1.82, 2.24) is 0 Å². The standard InChI is InChI=1S/C21H27N3O3/c1-3-4-5-13-20(25)23-16-9-8-10-17(14-16)24-21(26)15-22-18-11-6-7-12-19(18)27-2/h6-12,14,22H,3-5,13,15H2,1-2H3,(H,23,25)(H,24,26). The van der Waals surface area contributed by atoms with Gasteiger partial charge in [-0.3, -0.25) is 9.59 Å². The summed E-state index contributed by atoms with van der Waals surface area (Å²) in [7, 11) is 1.59. The molecule has 144 valence electrons. The molecule has 0 aliphatic carbocycles. The minimum absolute atomic E-state index is 0.00948. The Morgan fingerprint density at radius 3 is 2.33 bits per heavy atom. The van der Waals surface area contributed by atoms with Gasteiger partial charge in [0.15, 0.2) is 0 Å². The van der Waals surface area contributed by atoms with E-state index in [1.807, 2.05) is 24.3 Å². The first-order valence-corrected chi connectivity index (χ1v) is 9.19. The Labute approximate surface area is 160 Å². The number of para-hydroxylation sites is 2. The van der Waals surface area contributed by atoms with Crippen LogP contribution in [0, 0.1) is 0 Å². The molecule has 0 saturated heterocycles. The molecule has 0 aliphatic heterocycles. The highest BCUT2D eigenvalue weighted by molar-refractivity contribution is 5.95. The lowest BCUT2D eigenvalue weighted by Crippen LogP contribution is -2.22. The van der Waals surface area contributed by atoms with Crippen LogP contribution in [0.1, 0.15) is 32.6 Å². The van der Waals surface area contributed by atoms with E-state index in [0.717, 1.165) is 24.9 Å². The van der Waals surface area contributed by atoms with Gasteiger partial charge in [-0.2, -0.15) is 0 Å². The zero-order valence-electron chi connectivity index (χ0n) is 15.9. The molecule has 0 aromatic heterocycles. The van der Waals surface area contributed by atoms with Gasteiger partial charge in [0.25, 0.3) is 0 Å². The largest absolute Gasteiger partial charge is 0.495 e. The summed E-state index contributed by atoms with van der Waals surface area (Å²) < 4.78 is 5.25. The molecule has 2 aromatic carbocycles. The summed E-state index contributed by atoms with van der Waals surface area (Å²) in [5.74, 6) is 0.482. The number of ether oxygens (including phenoxy) is 1. The molecule has 2 rings (SSSR count). The maximum Gasteiger partial charge on any atom is 0.243 e. The highest BCUT2D eigenvalue weighted by Gasteiger charge is 2.07. The molecule has 0 fully saturated rings. The van der Waals surface area contributed by atoms with Crippen molar-refractivity contribution in [1.29, 1.82) is 0 Å². The predicted molar refractivity (Wildman–Crippen MR) is 109 cm³/mol. The quantitative estimate of drug-likeness (QED) is 0.547. The lowest BCUT2D eigenvalue weighted by atomic mass is 10.2. The number of rotatable bonds is 10. The third-order valence-corrected chi connectivity index (χ3v) is 3.98. The van der Waals surface area contributed by atoms with Gasteiger partial charge in [-0.1, -0.05) is 38.0 Å². The molecule has 0 heterocycles. The van der Waals surface area contributed by atoms with Gasteiger partial charge in [0.1, 0.15) is 5.75 Å². The number of carbonyl (C=O) groups is 2. The number of unbranched alkanes of at least 4 members (excludes halogenated alkanes) is 2. The third-order valence-electron chi connectivity index (χ3n) is 3.98. The highest BCUT2D eigenvalue weighted by atomic mass is 16.5. The molecule has 0 aliphatic rings. The van der Waals surface area contributed by atoms with Gasteiger partial charge in [-0.15, -0.1) is 0 Å². The molecule has 0 radical (unpaired) electrons. The van der Waals surface area contributed by atoms with Gasteiger partial charge in [0.2, 0.25) is 11.8 Å². The van der Waals surface area contributed by atoms with Crippen LogP contribution < -0.4 is 20.7 Å². The molecule has 2 amide bonds. The first kappa shape index (κ1) is 20.3. The van der Waals surface area contributed by atoms with Gasteiger partial charge in [-0.05, 0) is 36.8 Å². The Hall–Kier alpha value is -3.02.